The minimum Gasteiger partial charge on any atom is -0.459 e. The van der Waals surface area contributed by atoms with Crippen LogP contribution in [0.2, 0.25) is 0 Å². The molecule has 3 aromatic rings. The highest BCUT2D eigenvalue weighted by Crippen LogP contribution is 2.45. The maximum Gasteiger partial charge on any atom is 0.416 e. The van der Waals surface area contributed by atoms with E-state index in [-0.39, 0.29) is 35.6 Å². The van der Waals surface area contributed by atoms with Crippen LogP contribution in [0.5, 0.6) is 0 Å². The van der Waals surface area contributed by atoms with Crippen LogP contribution in [-0.2, 0) is 31.8 Å². The van der Waals surface area contributed by atoms with Crippen molar-refractivity contribution in [3.8, 4) is 0 Å². The molecular formula is C33H31F3N2O4. The number of dihydropyridines is 1. The number of Topliss-reactive ketones (excluding diaryl/α,β-unsaturated/α-hetero) is 1. The molecule has 2 atom stereocenters. The molecular weight excluding hydrogens is 545 g/mol. The van der Waals surface area contributed by atoms with Crippen LogP contribution >= 0.6 is 0 Å². The highest BCUT2D eigenvalue weighted by molar-refractivity contribution is 6.05. The number of ether oxygens (including phenoxy) is 2. The van der Waals surface area contributed by atoms with Gasteiger partial charge in [-0.1, -0.05) is 78.9 Å². The van der Waals surface area contributed by atoms with Gasteiger partial charge in [0.1, 0.15) is 12.7 Å². The normalized spacial score (nSPS) is 18.4. The topological polar surface area (TPSA) is 67.9 Å². The number of benzene rings is 3. The van der Waals surface area contributed by atoms with Crippen molar-refractivity contribution in [2.45, 2.75) is 31.7 Å². The molecule has 5 rings (SSSR count). The van der Waals surface area contributed by atoms with Crippen LogP contribution in [0.4, 0.5) is 13.2 Å². The SMILES string of the molecule is COC(COC(=O)C1=C(C)NC2=C(C(=O)CN(Cc3ccccc3)C2)C1c1ccccc1C(F)(F)F)c1ccccc1. The Morgan fingerprint density at radius 3 is 2.29 bits per heavy atom. The summed E-state index contributed by atoms with van der Waals surface area (Å²) in [7, 11) is 1.49. The number of rotatable bonds is 8. The van der Waals surface area contributed by atoms with Gasteiger partial charge in [-0.15, -0.1) is 0 Å². The minimum atomic E-state index is -4.70. The number of hydrogen-bond donors (Lipinski definition) is 1. The first kappa shape index (κ1) is 29.3. The number of esters is 1. The number of hydrogen-bond acceptors (Lipinski definition) is 6. The van der Waals surface area contributed by atoms with E-state index in [0.717, 1.165) is 17.2 Å². The molecule has 0 fully saturated rings. The number of nitrogens with one attached hydrogen (secondary N) is 1. The zero-order valence-electron chi connectivity index (χ0n) is 23.3. The summed E-state index contributed by atoms with van der Waals surface area (Å²) >= 11 is 0. The lowest BCUT2D eigenvalue weighted by molar-refractivity contribution is -0.144. The molecule has 0 bridgehead atoms. The van der Waals surface area contributed by atoms with Crippen LogP contribution in [0.25, 0.3) is 0 Å². The van der Waals surface area contributed by atoms with Crippen LogP contribution in [0.1, 0.15) is 41.2 Å². The first-order valence-electron chi connectivity index (χ1n) is 13.6. The Labute approximate surface area is 242 Å². The van der Waals surface area contributed by atoms with Crippen molar-refractivity contribution in [1.82, 2.24) is 10.2 Å². The average molecular weight is 577 g/mol. The second-order valence-corrected chi connectivity index (χ2v) is 10.4. The van der Waals surface area contributed by atoms with Gasteiger partial charge in [0.05, 0.1) is 17.7 Å². The number of nitrogens with zero attached hydrogens (tertiary/aromatic N) is 1. The second-order valence-electron chi connectivity index (χ2n) is 10.4. The fourth-order valence-electron chi connectivity index (χ4n) is 5.66. The first-order chi connectivity index (χ1) is 20.2. The number of halogens is 3. The molecule has 0 radical (unpaired) electrons. The predicted octanol–water partition coefficient (Wildman–Crippen LogP) is 5.94. The Hall–Kier alpha value is -4.21. The quantitative estimate of drug-likeness (QED) is 0.335. The standard InChI is InChI=1S/C33H31F3N2O4/c1-21-29(32(40)42-20-28(41-2)23-13-7-4-8-14-23)30(24-15-9-10-16-25(24)33(34,35)36)31-26(37-21)18-38(19-27(31)39)17-22-11-5-3-6-12-22/h3-16,28,30,37H,17-20H2,1-2H3. The predicted molar refractivity (Wildman–Crippen MR) is 151 cm³/mol. The van der Waals surface area contributed by atoms with E-state index in [0.29, 0.717) is 24.5 Å². The first-order valence-corrected chi connectivity index (χ1v) is 13.6. The number of ketones is 1. The molecule has 0 aliphatic carbocycles. The summed E-state index contributed by atoms with van der Waals surface area (Å²) in [5.74, 6) is -2.42. The summed E-state index contributed by atoms with van der Waals surface area (Å²) < 4.78 is 54.0. The molecule has 2 heterocycles. The maximum absolute atomic E-state index is 14.3. The molecule has 2 aliphatic rings. The fourth-order valence-corrected chi connectivity index (χ4v) is 5.66. The lowest BCUT2D eigenvalue weighted by Crippen LogP contribution is -2.45. The van der Waals surface area contributed by atoms with E-state index in [1.165, 1.54) is 25.3 Å². The molecule has 0 spiro atoms. The van der Waals surface area contributed by atoms with Gasteiger partial charge in [-0.3, -0.25) is 9.69 Å². The van der Waals surface area contributed by atoms with Crippen LogP contribution in [0.15, 0.2) is 107 Å². The van der Waals surface area contributed by atoms with Crippen LogP contribution in [-0.4, -0.2) is 43.5 Å². The third kappa shape index (κ3) is 6.17. The van der Waals surface area contributed by atoms with Crippen molar-refractivity contribution >= 4 is 11.8 Å². The largest absolute Gasteiger partial charge is 0.459 e. The van der Waals surface area contributed by atoms with Crippen LogP contribution in [0, 0.1) is 0 Å². The molecule has 2 unspecified atom stereocenters. The lowest BCUT2D eigenvalue weighted by Gasteiger charge is -2.38. The van der Waals surface area contributed by atoms with Gasteiger partial charge in [0.2, 0.25) is 0 Å². The average Bonchev–Trinajstić information content (AvgIpc) is 2.97. The Morgan fingerprint density at radius 1 is 0.976 bits per heavy atom. The number of alkyl halides is 3. The zero-order valence-corrected chi connectivity index (χ0v) is 23.3. The van der Waals surface area contributed by atoms with Gasteiger partial charge >= 0.3 is 12.1 Å². The Morgan fingerprint density at radius 2 is 1.62 bits per heavy atom. The molecule has 0 aromatic heterocycles. The third-order valence-electron chi connectivity index (χ3n) is 7.56. The summed E-state index contributed by atoms with van der Waals surface area (Å²) in [6, 6.07) is 23.9. The molecule has 0 saturated carbocycles. The van der Waals surface area contributed by atoms with Crippen molar-refractivity contribution in [3.05, 3.63) is 130 Å². The number of methoxy groups -OCH3 is 1. The molecule has 6 nitrogen and oxygen atoms in total. The third-order valence-corrected chi connectivity index (χ3v) is 7.56. The Balaban J connectivity index is 1.51. The smallest absolute Gasteiger partial charge is 0.416 e. The molecule has 218 valence electrons. The monoisotopic (exact) mass is 576 g/mol. The molecule has 42 heavy (non-hydrogen) atoms. The van der Waals surface area contributed by atoms with Crippen molar-refractivity contribution in [1.29, 1.82) is 0 Å². The van der Waals surface area contributed by atoms with E-state index in [2.05, 4.69) is 5.32 Å². The van der Waals surface area contributed by atoms with E-state index in [9.17, 15) is 22.8 Å². The van der Waals surface area contributed by atoms with Crippen LogP contribution < -0.4 is 5.32 Å². The van der Waals surface area contributed by atoms with Gasteiger partial charge in [-0.05, 0) is 29.7 Å². The van der Waals surface area contributed by atoms with Gasteiger partial charge in [0.25, 0.3) is 0 Å². The van der Waals surface area contributed by atoms with Crippen molar-refractivity contribution < 1.29 is 32.2 Å². The van der Waals surface area contributed by atoms with Gasteiger partial charge in [-0.25, -0.2) is 4.79 Å². The summed E-state index contributed by atoms with van der Waals surface area (Å²) in [6.45, 7) is 2.26. The Kier molecular flexibility index (Phi) is 8.61. The Bertz CT molecular complexity index is 1520. The van der Waals surface area contributed by atoms with Gasteiger partial charge in [0, 0.05) is 43.1 Å². The molecule has 3 aromatic carbocycles. The number of carbonyl (C=O) groups excluding carboxylic acids is 2. The summed E-state index contributed by atoms with van der Waals surface area (Å²) in [4.78, 5) is 29.3. The minimum absolute atomic E-state index is 0.00121. The van der Waals surface area contributed by atoms with E-state index >= 15 is 0 Å². The lowest BCUT2D eigenvalue weighted by atomic mass is 9.76. The summed E-state index contributed by atoms with van der Waals surface area (Å²) in [6.07, 6.45) is -5.28. The van der Waals surface area contributed by atoms with E-state index in [4.69, 9.17) is 9.47 Å². The molecule has 1 N–H and O–H groups in total. The molecule has 2 aliphatic heterocycles. The molecule has 0 saturated heterocycles. The van der Waals surface area contributed by atoms with Crippen molar-refractivity contribution in [2.75, 3.05) is 26.8 Å². The second kappa shape index (κ2) is 12.3. The summed E-state index contributed by atoms with van der Waals surface area (Å²) in [5, 5.41) is 3.17. The highest BCUT2D eigenvalue weighted by Gasteiger charge is 2.44. The number of allylic oxidation sites excluding steroid dienone is 1. The van der Waals surface area contributed by atoms with Gasteiger partial charge in [0.15, 0.2) is 5.78 Å². The van der Waals surface area contributed by atoms with Crippen LogP contribution in [0.3, 0.4) is 0 Å². The fraction of sp³-hybridized carbons (Fsp3) is 0.273. The van der Waals surface area contributed by atoms with Gasteiger partial charge in [-0.2, -0.15) is 13.2 Å². The van der Waals surface area contributed by atoms with E-state index in [1.807, 2.05) is 65.6 Å². The van der Waals surface area contributed by atoms with E-state index < -0.39 is 29.7 Å². The molecule has 0 amide bonds. The summed E-state index contributed by atoms with van der Waals surface area (Å²) in [5.41, 5.74) is 1.66. The molecule has 9 heteroatoms. The maximum atomic E-state index is 14.3. The zero-order chi connectivity index (χ0) is 29.9. The van der Waals surface area contributed by atoms with Crippen molar-refractivity contribution in [3.63, 3.8) is 0 Å². The highest BCUT2D eigenvalue weighted by atomic mass is 19.4. The number of carbonyl (C=O) groups is 2. The van der Waals surface area contributed by atoms with Gasteiger partial charge < -0.3 is 14.8 Å². The van der Waals surface area contributed by atoms with Crippen molar-refractivity contribution in [2.24, 2.45) is 0 Å². The van der Waals surface area contributed by atoms with E-state index in [1.54, 1.807) is 6.92 Å².